The van der Waals surface area contributed by atoms with Crippen LogP contribution in [0.2, 0.25) is 0 Å². The summed E-state index contributed by atoms with van der Waals surface area (Å²) in [6, 6.07) is -1.34. The largest absolute Gasteiger partial charge is 0.464 e. The van der Waals surface area contributed by atoms with Crippen molar-refractivity contribution in [1.29, 1.82) is 0 Å². The second-order valence-electron chi connectivity index (χ2n) is 4.77. The Labute approximate surface area is 125 Å². The van der Waals surface area contributed by atoms with Crippen molar-refractivity contribution >= 4 is 21.9 Å². The van der Waals surface area contributed by atoms with Crippen LogP contribution in [-0.4, -0.2) is 74.1 Å². The monoisotopic (exact) mass is 321 g/mol. The van der Waals surface area contributed by atoms with Crippen LogP contribution >= 0.6 is 0 Å². The molecule has 0 bridgehead atoms. The maximum atomic E-state index is 12.0. The fourth-order valence-corrected chi connectivity index (χ4v) is 3.60. The number of sulfonamides is 1. The summed E-state index contributed by atoms with van der Waals surface area (Å²) in [5, 5.41) is 0. The fraction of sp³-hybridized carbons (Fsp3) is 0.833. The molecule has 8 nitrogen and oxygen atoms in total. The number of carbonyl (C=O) groups excluding carboxylic acids is 2. The highest BCUT2D eigenvalue weighted by Gasteiger charge is 2.33. The summed E-state index contributed by atoms with van der Waals surface area (Å²) in [5.74, 6) is -1.19. The first-order valence-electron chi connectivity index (χ1n) is 7.02. The van der Waals surface area contributed by atoms with Gasteiger partial charge in [0.05, 0.1) is 12.4 Å². The van der Waals surface area contributed by atoms with Crippen LogP contribution < -0.4 is 5.73 Å². The molecule has 0 aliphatic carbocycles. The SMILES string of the molecule is CCCS(=O)(=O)N1CCN(C(=O)C(N)C(=O)OCC)CC1. The highest BCUT2D eigenvalue weighted by atomic mass is 32.2. The van der Waals surface area contributed by atoms with Gasteiger partial charge < -0.3 is 15.4 Å². The average Bonchev–Trinajstić information content (AvgIpc) is 2.46. The number of hydrogen-bond acceptors (Lipinski definition) is 6. The summed E-state index contributed by atoms with van der Waals surface area (Å²) in [7, 11) is -3.26. The molecule has 1 rings (SSSR count). The molecule has 0 aromatic rings. The van der Waals surface area contributed by atoms with E-state index in [1.807, 2.05) is 0 Å². The minimum absolute atomic E-state index is 0.100. The topological polar surface area (TPSA) is 110 Å². The van der Waals surface area contributed by atoms with Crippen molar-refractivity contribution in [3.8, 4) is 0 Å². The van der Waals surface area contributed by atoms with Gasteiger partial charge in [-0.05, 0) is 13.3 Å². The molecular formula is C12H23N3O5S. The third kappa shape index (κ3) is 4.65. The van der Waals surface area contributed by atoms with E-state index < -0.39 is 27.9 Å². The van der Waals surface area contributed by atoms with Crippen molar-refractivity contribution in [2.45, 2.75) is 26.3 Å². The smallest absolute Gasteiger partial charge is 0.332 e. The third-order valence-corrected chi connectivity index (χ3v) is 5.29. The Morgan fingerprint density at radius 2 is 1.76 bits per heavy atom. The third-order valence-electron chi connectivity index (χ3n) is 3.21. The first kappa shape index (κ1) is 17.9. The van der Waals surface area contributed by atoms with Crippen molar-refractivity contribution in [2.75, 3.05) is 38.5 Å². The lowest BCUT2D eigenvalue weighted by molar-refractivity contribution is -0.151. The molecule has 2 N–H and O–H groups in total. The zero-order valence-electron chi connectivity index (χ0n) is 12.4. The number of nitrogens with two attached hydrogens (primary N) is 1. The fourth-order valence-electron chi connectivity index (χ4n) is 2.10. The maximum Gasteiger partial charge on any atom is 0.332 e. The van der Waals surface area contributed by atoms with Crippen molar-refractivity contribution in [2.24, 2.45) is 5.73 Å². The van der Waals surface area contributed by atoms with E-state index in [1.54, 1.807) is 13.8 Å². The predicted octanol–water partition coefficient (Wildman–Crippen LogP) is -1.24. The average molecular weight is 321 g/mol. The highest BCUT2D eigenvalue weighted by Crippen LogP contribution is 2.10. The molecule has 1 fully saturated rings. The van der Waals surface area contributed by atoms with Crippen molar-refractivity contribution in [1.82, 2.24) is 9.21 Å². The lowest BCUT2D eigenvalue weighted by Gasteiger charge is -2.34. The molecule has 0 aromatic carbocycles. The molecule has 21 heavy (non-hydrogen) atoms. The maximum absolute atomic E-state index is 12.0. The first-order valence-corrected chi connectivity index (χ1v) is 8.63. The summed E-state index contributed by atoms with van der Waals surface area (Å²) < 4.78 is 29.9. The standard InChI is InChI=1S/C12H23N3O5S/c1-3-9-21(18,19)15-7-5-14(6-8-15)11(16)10(13)12(17)20-4-2/h10H,3-9,13H2,1-2H3. The van der Waals surface area contributed by atoms with Gasteiger partial charge in [-0.1, -0.05) is 6.92 Å². The van der Waals surface area contributed by atoms with Gasteiger partial charge in [0.25, 0.3) is 5.91 Å². The van der Waals surface area contributed by atoms with Crippen LogP contribution in [-0.2, 0) is 24.3 Å². The van der Waals surface area contributed by atoms with E-state index in [0.29, 0.717) is 6.42 Å². The minimum atomic E-state index is -3.26. The van der Waals surface area contributed by atoms with E-state index in [2.05, 4.69) is 0 Å². The van der Waals surface area contributed by atoms with Gasteiger partial charge in [-0.3, -0.25) is 4.79 Å². The van der Waals surface area contributed by atoms with Gasteiger partial charge in [0.2, 0.25) is 10.0 Å². The number of amides is 1. The molecule has 1 aliphatic rings. The van der Waals surface area contributed by atoms with Gasteiger partial charge in [-0.2, -0.15) is 4.31 Å². The van der Waals surface area contributed by atoms with Gasteiger partial charge >= 0.3 is 5.97 Å². The molecule has 1 aliphatic heterocycles. The zero-order chi connectivity index (χ0) is 16.0. The number of nitrogens with zero attached hydrogens (tertiary/aromatic N) is 2. The van der Waals surface area contributed by atoms with Crippen LogP contribution in [0.15, 0.2) is 0 Å². The molecule has 0 spiro atoms. The van der Waals surface area contributed by atoms with E-state index in [0.717, 1.165) is 0 Å². The first-order chi connectivity index (χ1) is 9.83. The molecule has 0 aromatic heterocycles. The Morgan fingerprint density at radius 3 is 2.24 bits per heavy atom. The number of hydrogen-bond donors (Lipinski definition) is 1. The van der Waals surface area contributed by atoms with Crippen LogP contribution in [0.5, 0.6) is 0 Å². The lowest BCUT2D eigenvalue weighted by Crippen LogP contribution is -2.56. The van der Waals surface area contributed by atoms with Crippen LogP contribution in [0.4, 0.5) is 0 Å². The van der Waals surface area contributed by atoms with Crippen LogP contribution in [0.3, 0.4) is 0 Å². The normalized spacial score (nSPS) is 18.3. The molecule has 1 unspecified atom stereocenters. The summed E-state index contributed by atoms with van der Waals surface area (Å²) >= 11 is 0. The second-order valence-corrected chi connectivity index (χ2v) is 6.86. The summed E-state index contributed by atoms with van der Waals surface area (Å²) in [6.07, 6.45) is 0.551. The quantitative estimate of drug-likeness (QED) is 0.484. The van der Waals surface area contributed by atoms with Crippen LogP contribution in [0, 0.1) is 0 Å². The summed E-state index contributed by atoms with van der Waals surface area (Å²) in [4.78, 5) is 24.9. The molecule has 1 heterocycles. The molecule has 0 saturated carbocycles. The molecule has 1 atom stereocenters. The lowest BCUT2D eigenvalue weighted by atomic mass is 10.2. The number of esters is 1. The van der Waals surface area contributed by atoms with E-state index in [-0.39, 0.29) is 38.5 Å². The second kappa shape index (κ2) is 7.71. The number of carbonyl (C=O) groups is 2. The van der Waals surface area contributed by atoms with Gasteiger partial charge in [0.1, 0.15) is 0 Å². The van der Waals surface area contributed by atoms with Gasteiger partial charge in [0.15, 0.2) is 6.04 Å². The van der Waals surface area contributed by atoms with E-state index in [9.17, 15) is 18.0 Å². The van der Waals surface area contributed by atoms with E-state index in [4.69, 9.17) is 10.5 Å². The Morgan fingerprint density at radius 1 is 1.19 bits per heavy atom. The molecule has 1 amide bonds. The Kier molecular flexibility index (Phi) is 6.56. The van der Waals surface area contributed by atoms with Crippen molar-refractivity contribution < 1.29 is 22.7 Å². The van der Waals surface area contributed by atoms with Crippen LogP contribution in [0.25, 0.3) is 0 Å². The van der Waals surface area contributed by atoms with Crippen LogP contribution in [0.1, 0.15) is 20.3 Å². The minimum Gasteiger partial charge on any atom is -0.464 e. The van der Waals surface area contributed by atoms with Crippen molar-refractivity contribution in [3.63, 3.8) is 0 Å². The van der Waals surface area contributed by atoms with Gasteiger partial charge in [-0.25, -0.2) is 13.2 Å². The Hall–Kier alpha value is -1.19. The predicted molar refractivity (Wildman–Crippen MR) is 76.8 cm³/mol. The number of piperazine rings is 1. The van der Waals surface area contributed by atoms with E-state index >= 15 is 0 Å². The Balaban J connectivity index is 2.56. The molecule has 0 radical (unpaired) electrons. The van der Waals surface area contributed by atoms with Crippen molar-refractivity contribution in [3.05, 3.63) is 0 Å². The number of rotatable bonds is 6. The number of ether oxygens (including phenoxy) is 1. The zero-order valence-corrected chi connectivity index (χ0v) is 13.3. The summed E-state index contributed by atoms with van der Waals surface area (Å²) in [5.41, 5.74) is 5.55. The molecule has 1 saturated heterocycles. The molecular weight excluding hydrogens is 298 g/mol. The Bertz CT molecular complexity index is 471. The van der Waals surface area contributed by atoms with Gasteiger partial charge in [-0.15, -0.1) is 0 Å². The summed E-state index contributed by atoms with van der Waals surface area (Å²) in [6.45, 7) is 4.50. The molecule has 9 heteroatoms. The highest BCUT2D eigenvalue weighted by molar-refractivity contribution is 7.89. The molecule has 122 valence electrons. The van der Waals surface area contributed by atoms with E-state index in [1.165, 1.54) is 9.21 Å². The van der Waals surface area contributed by atoms with Gasteiger partial charge in [0, 0.05) is 26.2 Å².